The number of para-hydroxylation sites is 1. The summed E-state index contributed by atoms with van der Waals surface area (Å²) in [6.07, 6.45) is 0.398. The highest BCUT2D eigenvalue weighted by Gasteiger charge is 2.33. The van der Waals surface area contributed by atoms with Crippen molar-refractivity contribution in [3.63, 3.8) is 0 Å². The van der Waals surface area contributed by atoms with Crippen LogP contribution in [0.15, 0.2) is 54.6 Å². The molecule has 0 aliphatic rings. The fraction of sp³-hybridized carbons (Fsp3) is 0.417. The second-order valence-corrected chi connectivity index (χ2v) is 10.0. The number of benzene rings is 2. The highest BCUT2D eigenvalue weighted by atomic mass is 32.2. The summed E-state index contributed by atoms with van der Waals surface area (Å²) in [5, 5.41) is 2.79. The van der Waals surface area contributed by atoms with Gasteiger partial charge < -0.3 is 10.2 Å². The molecular formula is C24H34N4O4S. The predicted octanol–water partition coefficient (Wildman–Crippen LogP) is 2.55. The van der Waals surface area contributed by atoms with Gasteiger partial charge in [-0.05, 0) is 38.0 Å². The Morgan fingerprint density at radius 3 is 2.09 bits per heavy atom. The number of carbonyl (C=O) groups excluding carboxylic acids is 2. The Morgan fingerprint density at radius 1 is 0.970 bits per heavy atom. The first-order valence-electron chi connectivity index (χ1n) is 11.0. The lowest BCUT2D eigenvalue weighted by atomic mass is 10.1. The molecule has 0 unspecified atom stereocenters. The van der Waals surface area contributed by atoms with Crippen LogP contribution >= 0.6 is 0 Å². The second kappa shape index (κ2) is 11.8. The molecule has 9 heteroatoms. The molecule has 0 aromatic heterocycles. The summed E-state index contributed by atoms with van der Waals surface area (Å²) in [6.45, 7) is 5.83. The molecule has 0 heterocycles. The van der Waals surface area contributed by atoms with Crippen molar-refractivity contribution < 1.29 is 18.0 Å². The van der Waals surface area contributed by atoms with Gasteiger partial charge in [0.15, 0.2) is 0 Å². The molecule has 0 radical (unpaired) electrons. The van der Waals surface area contributed by atoms with Gasteiger partial charge in [-0.15, -0.1) is 0 Å². The first-order chi connectivity index (χ1) is 15.6. The van der Waals surface area contributed by atoms with Crippen molar-refractivity contribution in [3.05, 3.63) is 65.7 Å². The van der Waals surface area contributed by atoms with E-state index in [0.717, 1.165) is 19.7 Å². The van der Waals surface area contributed by atoms with Crippen LogP contribution < -0.4 is 9.62 Å². The van der Waals surface area contributed by atoms with Crippen LogP contribution in [0.2, 0.25) is 0 Å². The summed E-state index contributed by atoms with van der Waals surface area (Å²) in [5.41, 5.74) is 2.32. The molecule has 8 nitrogen and oxygen atoms in total. The zero-order valence-corrected chi connectivity index (χ0v) is 20.8. The van der Waals surface area contributed by atoms with Crippen LogP contribution in [0.25, 0.3) is 0 Å². The lowest BCUT2D eigenvalue weighted by Crippen LogP contribution is -2.53. The molecule has 2 amide bonds. The lowest BCUT2D eigenvalue weighted by Gasteiger charge is -2.33. The van der Waals surface area contributed by atoms with E-state index in [2.05, 4.69) is 5.32 Å². The van der Waals surface area contributed by atoms with E-state index in [1.165, 1.54) is 19.0 Å². The number of amides is 2. The van der Waals surface area contributed by atoms with Gasteiger partial charge >= 0.3 is 10.2 Å². The highest BCUT2D eigenvalue weighted by molar-refractivity contribution is 7.90. The molecule has 2 aromatic carbocycles. The molecule has 0 spiro atoms. The maximum atomic E-state index is 13.6. The Kier molecular flexibility index (Phi) is 9.43. The van der Waals surface area contributed by atoms with Gasteiger partial charge in [-0.3, -0.25) is 9.59 Å². The van der Waals surface area contributed by atoms with E-state index in [4.69, 9.17) is 0 Å². The average molecular weight is 475 g/mol. The molecule has 0 bridgehead atoms. The van der Waals surface area contributed by atoms with Crippen LogP contribution in [0.4, 0.5) is 5.69 Å². The van der Waals surface area contributed by atoms with E-state index in [9.17, 15) is 18.0 Å². The minimum atomic E-state index is -3.94. The van der Waals surface area contributed by atoms with Gasteiger partial charge in [0.05, 0.1) is 5.69 Å². The number of hydrogen-bond acceptors (Lipinski definition) is 4. The zero-order valence-electron chi connectivity index (χ0n) is 20.0. The SMILES string of the molecule is CCNC(=O)[C@H](CC)N(Cc1ccc(C)cc1)C(=O)CN(c1ccccc1)S(=O)(=O)N(C)C. The summed E-state index contributed by atoms with van der Waals surface area (Å²) >= 11 is 0. The number of nitrogens with zero attached hydrogens (tertiary/aromatic N) is 3. The number of nitrogens with one attached hydrogen (secondary N) is 1. The maximum Gasteiger partial charge on any atom is 0.304 e. The van der Waals surface area contributed by atoms with Gasteiger partial charge in [0, 0.05) is 27.2 Å². The highest BCUT2D eigenvalue weighted by Crippen LogP contribution is 2.21. The van der Waals surface area contributed by atoms with Crippen molar-refractivity contribution in [1.82, 2.24) is 14.5 Å². The number of likely N-dealkylation sites (N-methyl/N-ethyl adjacent to an activating group) is 1. The number of aryl methyl sites for hydroxylation is 1. The summed E-state index contributed by atoms with van der Waals surface area (Å²) in [5.74, 6) is -0.717. The van der Waals surface area contributed by atoms with Gasteiger partial charge in [0.2, 0.25) is 11.8 Å². The Balaban J connectivity index is 2.45. The Labute approximate surface area is 197 Å². The maximum absolute atomic E-state index is 13.6. The smallest absolute Gasteiger partial charge is 0.304 e. The Bertz CT molecular complexity index is 1020. The molecule has 1 atom stereocenters. The first kappa shape index (κ1) is 26.3. The van der Waals surface area contributed by atoms with E-state index in [-0.39, 0.29) is 12.5 Å². The standard InChI is InChI=1S/C24H34N4O4S/c1-6-22(24(30)25-7-2)27(17-20-15-13-19(3)14-16-20)23(29)18-28(33(31,32)26(4)5)21-11-9-8-10-12-21/h8-16,22H,6-7,17-18H2,1-5H3,(H,25,30)/t22-/m0/s1. The number of rotatable bonds is 11. The normalized spacial score (nSPS) is 12.3. The van der Waals surface area contributed by atoms with Gasteiger partial charge in [0.1, 0.15) is 12.6 Å². The van der Waals surface area contributed by atoms with Gasteiger partial charge in [-0.25, -0.2) is 4.31 Å². The zero-order chi connectivity index (χ0) is 24.6. The largest absolute Gasteiger partial charge is 0.355 e. The van der Waals surface area contributed by atoms with Crippen LogP contribution in [0.5, 0.6) is 0 Å². The summed E-state index contributed by atoms with van der Waals surface area (Å²) in [7, 11) is -1.10. The fourth-order valence-corrected chi connectivity index (χ4v) is 4.47. The third-order valence-corrected chi connectivity index (χ3v) is 7.09. The molecule has 0 fully saturated rings. The molecule has 33 heavy (non-hydrogen) atoms. The monoisotopic (exact) mass is 474 g/mol. The first-order valence-corrected chi connectivity index (χ1v) is 12.4. The molecule has 0 aliphatic carbocycles. The molecule has 0 aliphatic heterocycles. The van der Waals surface area contributed by atoms with Crippen LogP contribution in [-0.4, -0.2) is 62.7 Å². The Morgan fingerprint density at radius 2 is 1.58 bits per heavy atom. The van der Waals surface area contributed by atoms with Crippen LogP contribution in [0.1, 0.15) is 31.4 Å². The minimum absolute atomic E-state index is 0.194. The van der Waals surface area contributed by atoms with Crippen LogP contribution in [0, 0.1) is 6.92 Å². The van der Waals surface area contributed by atoms with Crippen molar-refractivity contribution in [2.75, 3.05) is 31.5 Å². The van der Waals surface area contributed by atoms with E-state index in [1.807, 2.05) is 45.0 Å². The van der Waals surface area contributed by atoms with Crippen molar-refractivity contribution >= 4 is 27.7 Å². The number of anilines is 1. The average Bonchev–Trinajstić information content (AvgIpc) is 2.79. The van der Waals surface area contributed by atoms with Gasteiger partial charge in [0.25, 0.3) is 0 Å². The summed E-state index contributed by atoms with van der Waals surface area (Å²) in [4.78, 5) is 27.8. The summed E-state index contributed by atoms with van der Waals surface area (Å²) in [6, 6.07) is 15.5. The number of carbonyl (C=O) groups is 2. The third-order valence-electron chi connectivity index (χ3n) is 5.27. The number of hydrogen-bond donors (Lipinski definition) is 1. The van der Waals surface area contributed by atoms with Crippen molar-refractivity contribution in [1.29, 1.82) is 0 Å². The molecule has 180 valence electrons. The van der Waals surface area contributed by atoms with Crippen molar-refractivity contribution in [2.45, 2.75) is 39.8 Å². The molecule has 0 saturated carbocycles. The van der Waals surface area contributed by atoms with Gasteiger partial charge in [-0.2, -0.15) is 12.7 Å². The fourth-order valence-electron chi connectivity index (χ4n) is 3.41. The summed E-state index contributed by atoms with van der Waals surface area (Å²) < 4.78 is 28.3. The van der Waals surface area contributed by atoms with E-state index >= 15 is 0 Å². The van der Waals surface area contributed by atoms with Crippen LogP contribution in [0.3, 0.4) is 0 Å². The predicted molar refractivity (Wildman–Crippen MR) is 131 cm³/mol. The minimum Gasteiger partial charge on any atom is -0.355 e. The quantitative estimate of drug-likeness (QED) is 0.542. The van der Waals surface area contributed by atoms with E-state index in [0.29, 0.717) is 18.7 Å². The van der Waals surface area contributed by atoms with E-state index in [1.54, 1.807) is 30.3 Å². The molecule has 0 saturated heterocycles. The molecule has 1 N–H and O–H groups in total. The van der Waals surface area contributed by atoms with Crippen molar-refractivity contribution in [2.24, 2.45) is 0 Å². The van der Waals surface area contributed by atoms with Crippen LogP contribution in [-0.2, 0) is 26.3 Å². The van der Waals surface area contributed by atoms with Gasteiger partial charge in [-0.1, -0.05) is 55.0 Å². The molecule has 2 aromatic rings. The topological polar surface area (TPSA) is 90.0 Å². The Hall–Kier alpha value is -2.91. The molecular weight excluding hydrogens is 440 g/mol. The lowest BCUT2D eigenvalue weighted by molar-refractivity contribution is -0.140. The second-order valence-electron chi connectivity index (χ2n) is 7.96. The third kappa shape index (κ3) is 6.79. The van der Waals surface area contributed by atoms with E-state index < -0.39 is 28.7 Å². The van der Waals surface area contributed by atoms with Crippen molar-refractivity contribution in [3.8, 4) is 0 Å². The molecule has 2 rings (SSSR count).